The van der Waals surface area contributed by atoms with Crippen molar-refractivity contribution in [2.45, 2.75) is 6.92 Å². The fourth-order valence-electron chi connectivity index (χ4n) is 1.90. The van der Waals surface area contributed by atoms with Crippen LogP contribution in [0.2, 0.25) is 5.02 Å². The van der Waals surface area contributed by atoms with Gasteiger partial charge in [0, 0.05) is 10.7 Å². The number of rotatable bonds is 6. The molecule has 0 bridgehead atoms. The summed E-state index contributed by atoms with van der Waals surface area (Å²) in [4.78, 5) is 23.6. The van der Waals surface area contributed by atoms with E-state index < -0.39 is 11.7 Å². The number of hydrogen-bond acceptors (Lipinski definition) is 3. The van der Waals surface area contributed by atoms with Gasteiger partial charge < -0.3 is 15.4 Å². The number of halogens is 3. The average molecular weight is 430 g/mol. The highest BCUT2D eigenvalue weighted by Crippen LogP contribution is 2.25. The second-order valence-corrected chi connectivity index (χ2v) is 6.36. The molecule has 0 saturated heterocycles. The highest BCUT2D eigenvalue weighted by Gasteiger charge is 2.10. The maximum absolute atomic E-state index is 13.0. The standard InChI is InChI=1S/C17H15BrClFN2O3/c1-10-13(19)3-2-4-14(10)22-16(23)8-21-17(24)9-25-15-6-5-11(20)7-12(15)18/h2-7H,8-9H2,1H3,(H,21,24)(H,22,23). The molecule has 0 unspecified atom stereocenters. The Bertz CT molecular complexity index is 801. The zero-order chi connectivity index (χ0) is 18.4. The lowest BCUT2D eigenvalue weighted by atomic mass is 10.2. The van der Waals surface area contributed by atoms with Crippen molar-refractivity contribution in [3.63, 3.8) is 0 Å². The van der Waals surface area contributed by atoms with Crippen LogP contribution in [0, 0.1) is 12.7 Å². The van der Waals surface area contributed by atoms with Crippen molar-refractivity contribution in [1.82, 2.24) is 5.32 Å². The number of anilines is 1. The van der Waals surface area contributed by atoms with Gasteiger partial charge in [-0.25, -0.2) is 4.39 Å². The largest absolute Gasteiger partial charge is 0.483 e. The van der Waals surface area contributed by atoms with Crippen LogP contribution in [0.4, 0.5) is 10.1 Å². The second-order valence-electron chi connectivity index (χ2n) is 5.10. The van der Waals surface area contributed by atoms with Crippen molar-refractivity contribution in [2.75, 3.05) is 18.5 Å². The smallest absolute Gasteiger partial charge is 0.258 e. The van der Waals surface area contributed by atoms with Gasteiger partial charge in [-0.15, -0.1) is 0 Å². The number of ether oxygens (including phenoxy) is 1. The fourth-order valence-corrected chi connectivity index (χ4v) is 2.54. The molecule has 2 amide bonds. The molecule has 0 aliphatic rings. The van der Waals surface area contributed by atoms with E-state index in [0.717, 1.165) is 5.56 Å². The summed E-state index contributed by atoms with van der Waals surface area (Å²) < 4.78 is 18.6. The minimum Gasteiger partial charge on any atom is -0.483 e. The molecule has 25 heavy (non-hydrogen) atoms. The van der Waals surface area contributed by atoms with Crippen LogP contribution >= 0.6 is 27.5 Å². The first-order valence-corrected chi connectivity index (χ1v) is 8.43. The Kier molecular flexibility index (Phi) is 6.78. The first kappa shape index (κ1) is 19.2. The van der Waals surface area contributed by atoms with Gasteiger partial charge in [-0.3, -0.25) is 9.59 Å². The lowest BCUT2D eigenvalue weighted by molar-refractivity contribution is -0.125. The SMILES string of the molecule is Cc1c(Cl)cccc1NC(=O)CNC(=O)COc1ccc(F)cc1Br. The van der Waals surface area contributed by atoms with Crippen molar-refractivity contribution in [3.05, 3.63) is 57.3 Å². The molecule has 2 aromatic carbocycles. The monoisotopic (exact) mass is 428 g/mol. The maximum Gasteiger partial charge on any atom is 0.258 e. The molecule has 2 rings (SSSR count). The van der Waals surface area contributed by atoms with Crippen LogP contribution in [-0.2, 0) is 9.59 Å². The van der Waals surface area contributed by atoms with Gasteiger partial charge in [0.2, 0.25) is 5.91 Å². The van der Waals surface area contributed by atoms with Crippen LogP contribution in [-0.4, -0.2) is 25.0 Å². The number of benzene rings is 2. The first-order chi connectivity index (χ1) is 11.9. The maximum atomic E-state index is 13.0. The van der Waals surface area contributed by atoms with E-state index in [-0.39, 0.29) is 19.1 Å². The Morgan fingerprint density at radius 1 is 1.24 bits per heavy atom. The van der Waals surface area contributed by atoms with Crippen LogP contribution in [0.1, 0.15) is 5.56 Å². The third-order valence-corrected chi connectivity index (χ3v) is 4.27. The van der Waals surface area contributed by atoms with Crippen molar-refractivity contribution >= 4 is 45.0 Å². The van der Waals surface area contributed by atoms with Crippen LogP contribution in [0.15, 0.2) is 40.9 Å². The van der Waals surface area contributed by atoms with Gasteiger partial charge in [-0.2, -0.15) is 0 Å². The summed E-state index contributed by atoms with van der Waals surface area (Å²) >= 11 is 9.12. The summed E-state index contributed by atoms with van der Waals surface area (Å²) in [6, 6.07) is 9.02. The Labute approximate surface area is 157 Å². The molecule has 5 nitrogen and oxygen atoms in total. The Balaban J connectivity index is 1.79. The molecule has 132 valence electrons. The zero-order valence-electron chi connectivity index (χ0n) is 13.2. The van der Waals surface area contributed by atoms with E-state index in [0.29, 0.717) is 20.9 Å². The summed E-state index contributed by atoms with van der Waals surface area (Å²) in [6.45, 7) is 1.28. The molecule has 0 saturated carbocycles. The molecular formula is C17H15BrClFN2O3. The Morgan fingerprint density at radius 3 is 2.72 bits per heavy atom. The average Bonchev–Trinajstić information content (AvgIpc) is 2.56. The molecule has 0 aromatic heterocycles. The van der Waals surface area contributed by atoms with Gasteiger partial charge in [0.25, 0.3) is 5.91 Å². The third kappa shape index (κ3) is 5.72. The van der Waals surface area contributed by atoms with E-state index in [9.17, 15) is 14.0 Å². The Morgan fingerprint density at radius 2 is 2.00 bits per heavy atom. The molecule has 0 spiro atoms. The van der Waals surface area contributed by atoms with E-state index in [1.807, 2.05) is 0 Å². The van der Waals surface area contributed by atoms with Gasteiger partial charge in [-0.05, 0) is 58.7 Å². The van der Waals surface area contributed by atoms with Gasteiger partial charge in [-0.1, -0.05) is 17.7 Å². The molecule has 0 aliphatic heterocycles. The number of nitrogens with one attached hydrogen (secondary N) is 2. The number of carbonyl (C=O) groups is 2. The van der Waals surface area contributed by atoms with Crippen LogP contribution in [0.25, 0.3) is 0 Å². The van der Waals surface area contributed by atoms with E-state index in [1.165, 1.54) is 18.2 Å². The van der Waals surface area contributed by atoms with Gasteiger partial charge in [0.05, 0.1) is 11.0 Å². The topological polar surface area (TPSA) is 67.4 Å². The van der Waals surface area contributed by atoms with E-state index in [1.54, 1.807) is 25.1 Å². The minimum atomic E-state index is -0.478. The van der Waals surface area contributed by atoms with Crippen LogP contribution in [0.5, 0.6) is 5.75 Å². The predicted octanol–water partition coefficient (Wildman–Crippen LogP) is 3.68. The van der Waals surface area contributed by atoms with Crippen molar-refractivity contribution in [2.24, 2.45) is 0 Å². The highest BCUT2D eigenvalue weighted by atomic mass is 79.9. The normalized spacial score (nSPS) is 10.2. The third-order valence-electron chi connectivity index (χ3n) is 3.24. The van der Waals surface area contributed by atoms with Gasteiger partial charge in [0.15, 0.2) is 6.61 Å². The second kappa shape index (κ2) is 8.82. The van der Waals surface area contributed by atoms with Crippen LogP contribution < -0.4 is 15.4 Å². The molecule has 2 N–H and O–H groups in total. The predicted molar refractivity (Wildman–Crippen MR) is 97.4 cm³/mol. The Hall–Kier alpha value is -2.12. The summed E-state index contributed by atoms with van der Waals surface area (Å²) in [7, 11) is 0. The van der Waals surface area contributed by atoms with Crippen LogP contribution in [0.3, 0.4) is 0 Å². The highest BCUT2D eigenvalue weighted by molar-refractivity contribution is 9.10. The lowest BCUT2D eigenvalue weighted by Crippen LogP contribution is -2.35. The molecule has 0 heterocycles. The molecule has 0 atom stereocenters. The lowest BCUT2D eigenvalue weighted by Gasteiger charge is -2.11. The molecule has 0 fully saturated rings. The van der Waals surface area contributed by atoms with E-state index >= 15 is 0 Å². The summed E-state index contributed by atoms with van der Waals surface area (Å²) in [5, 5.41) is 5.65. The fraction of sp³-hybridized carbons (Fsp3) is 0.176. The minimum absolute atomic E-state index is 0.210. The summed E-state index contributed by atoms with van der Waals surface area (Å²) in [6.07, 6.45) is 0. The van der Waals surface area contributed by atoms with Crippen molar-refractivity contribution < 1.29 is 18.7 Å². The summed E-state index contributed by atoms with van der Waals surface area (Å²) in [5.41, 5.74) is 1.33. The van der Waals surface area contributed by atoms with Crippen molar-refractivity contribution in [1.29, 1.82) is 0 Å². The molecule has 0 aliphatic carbocycles. The molecule has 0 radical (unpaired) electrons. The van der Waals surface area contributed by atoms with E-state index in [4.69, 9.17) is 16.3 Å². The van der Waals surface area contributed by atoms with Gasteiger partial charge >= 0.3 is 0 Å². The van der Waals surface area contributed by atoms with E-state index in [2.05, 4.69) is 26.6 Å². The molecule has 8 heteroatoms. The van der Waals surface area contributed by atoms with Gasteiger partial charge in [0.1, 0.15) is 11.6 Å². The first-order valence-electron chi connectivity index (χ1n) is 7.26. The zero-order valence-corrected chi connectivity index (χ0v) is 15.6. The number of hydrogen-bond donors (Lipinski definition) is 2. The molecule has 2 aromatic rings. The summed E-state index contributed by atoms with van der Waals surface area (Å²) in [5.74, 6) is -0.955. The van der Waals surface area contributed by atoms with Crippen molar-refractivity contribution in [3.8, 4) is 5.75 Å². The molecular weight excluding hydrogens is 415 g/mol. The number of carbonyl (C=O) groups excluding carboxylic acids is 2. The quantitative estimate of drug-likeness (QED) is 0.736. The number of amides is 2.